The van der Waals surface area contributed by atoms with E-state index in [0.717, 1.165) is 11.1 Å². The summed E-state index contributed by atoms with van der Waals surface area (Å²) in [6.07, 6.45) is 2.77. The van der Waals surface area contributed by atoms with E-state index in [-0.39, 0.29) is 5.82 Å². The average Bonchev–Trinajstić information content (AvgIpc) is 2.36. The van der Waals surface area contributed by atoms with Crippen molar-refractivity contribution in [2.45, 2.75) is 13.2 Å². The Kier molecular flexibility index (Phi) is 4.18. The predicted octanol–water partition coefficient (Wildman–Crippen LogP) is 2.44. The highest BCUT2D eigenvalue weighted by molar-refractivity contribution is 5.13. The number of halogens is 1. The Morgan fingerprint density at radius 3 is 2.71 bits per heavy atom. The number of hydrogen-bond acceptors (Lipinski definition) is 3. The van der Waals surface area contributed by atoms with Crippen molar-refractivity contribution in [2.75, 3.05) is 0 Å². The number of hydroxylamine groups is 1. The van der Waals surface area contributed by atoms with Gasteiger partial charge in [0.25, 0.3) is 0 Å². The van der Waals surface area contributed by atoms with Gasteiger partial charge in [0.1, 0.15) is 5.82 Å². The molecule has 17 heavy (non-hydrogen) atoms. The van der Waals surface area contributed by atoms with Crippen molar-refractivity contribution in [1.29, 1.82) is 0 Å². The van der Waals surface area contributed by atoms with Crippen LogP contribution in [0.2, 0.25) is 0 Å². The third kappa shape index (κ3) is 3.94. The number of nitrogens with zero attached hydrogens (tertiary/aromatic N) is 1. The maximum Gasteiger partial charge on any atom is 0.141 e. The van der Waals surface area contributed by atoms with Gasteiger partial charge in [-0.15, -0.1) is 0 Å². The molecule has 0 amide bonds. The van der Waals surface area contributed by atoms with Crippen molar-refractivity contribution in [2.24, 2.45) is 0 Å². The average molecular weight is 232 g/mol. The van der Waals surface area contributed by atoms with Crippen LogP contribution in [-0.2, 0) is 18.0 Å². The largest absolute Gasteiger partial charge is 0.297 e. The van der Waals surface area contributed by atoms with Gasteiger partial charge >= 0.3 is 0 Å². The van der Waals surface area contributed by atoms with Gasteiger partial charge in [0, 0.05) is 12.7 Å². The first-order valence-electron chi connectivity index (χ1n) is 5.32. The lowest BCUT2D eigenvalue weighted by atomic mass is 10.2. The Bertz CT molecular complexity index is 462. The van der Waals surface area contributed by atoms with E-state index in [2.05, 4.69) is 10.5 Å². The molecule has 2 rings (SSSR count). The lowest BCUT2D eigenvalue weighted by Gasteiger charge is -2.05. The highest BCUT2D eigenvalue weighted by Gasteiger charge is 1.96. The first-order valence-corrected chi connectivity index (χ1v) is 5.32. The molecule has 0 fully saturated rings. The van der Waals surface area contributed by atoms with E-state index in [9.17, 15) is 4.39 Å². The van der Waals surface area contributed by atoms with Crippen molar-refractivity contribution in [3.05, 3.63) is 65.7 Å². The Hall–Kier alpha value is -1.78. The highest BCUT2D eigenvalue weighted by Crippen LogP contribution is 2.02. The van der Waals surface area contributed by atoms with E-state index < -0.39 is 0 Å². The van der Waals surface area contributed by atoms with Gasteiger partial charge in [0.15, 0.2) is 0 Å². The van der Waals surface area contributed by atoms with Crippen LogP contribution in [0.25, 0.3) is 0 Å². The van der Waals surface area contributed by atoms with E-state index in [0.29, 0.717) is 13.2 Å². The van der Waals surface area contributed by atoms with Crippen LogP contribution in [-0.4, -0.2) is 4.98 Å². The van der Waals surface area contributed by atoms with E-state index in [4.69, 9.17) is 4.84 Å². The van der Waals surface area contributed by atoms with Crippen LogP contribution in [0.4, 0.5) is 4.39 Å². The molecule has 0 atom stereocenters. The Morgan fingerprint density at radius 2 is 1.94 bits per heavy atom. The molecular formula is C13H13FN2O. The molecule has 0 saturated carbocycles. The quantitative estimate of drug-likeness (QED) is 0.635. The standard InChI is InChI=1S/C13H13FN2O/c14-13-6-12(7-15-9-13)8-16-17-10-11-4-2-1-3-5-11/h1-7,9,16H,8,10H2. The van der Waals surface area contributed by atoms with Crippen molar-refractivity contribution in [1.82, 2.24) is 10.5 Å². The zero-order valence-corrected chi connectivity index (χ0v) is 9.27. The summed E-state index contributed by atoms with van der Waals surface area (Å²) in [7, 11) is 0. The zero-order chi connectivity index (χ0) is 11.9. The first-order chi connectivity index (χ1) is 8.34. The highest BCUT2D eigenvalue weighted by atomic mass is 19.1. The van der Waals surface area contributed by atoms with Gasteiger partial charge in [-0.1, -0.05) is 30.3 Å². The SMILES string of the molecule is Fc1cncc(CNOCc2ccccc2)c1. The molecule has 0 unspecified atom stereocenters. The molecule has 0 aliphatic rings. The fraction of sp³-hybridized carbons (Fsp3) is 0.154. The molecule has 1 aromatic heterocycles. The Balaban J connectivity index is 1.73. The summed E-state index contributed by atoms with van der Waals surface area (Å²) in [5.74, 6) is -0.340. The summed E-state index contributed by atoms with van der Waals surface area (Å²) < 4.78 is 12.8. The number of pyridine rings is 1. The molecular weight excluding hydrogens is 219 g/mol. The summed E-state index contributed by atoms with van der Waals surface area (Å²) in [6, 6.07) is 11.2. The third-order valence-electron chi connectivity index (χ3n) is 2.22. The number of rotatable bonds is 5. The van der Waals surface area contributed by atoms with Crippen LogP contribution >= 0.6 is 0 Å². The molecule has 4 heteroatoms. The minimum atomic E-state index is -0.340. The van der Waals surface area contributed by atoms with Crippen LogP contribution in [0.15, 0.2) is 48.8 Å². The zero-order valence-electron chi connectivity index (χ0n) is 9.27. The summed E-state index contributed by atoms with van der Waals surface area (Å²) >= 11 is 0. The first kappa shape index (κ1) is 11.7. The fourth-order valence-corrected chi connectivity index (χ4v) is 1.40. The van der Waals surface area contributed by atoms with Crippen molar-refractivity contribution in [3.63, 3.8) is 0 Å². The van der Waals surface area contributed by atoms with Gasteiger partial charge in [0.2, 0.25) is 0 Å². The van der Waals surface area contributed by atoms with Crippen LogP contribution in [0.5, 0.6) is 0 Å². The van der Waals surface area contributed by atoms with Crippen molar-refractivity contribution < 1.29 is 9.23 Å². The summed E-state index contributed by atoms with van der Waals surface area (Å²) in [5.41, 5.74) is 4.60. The summed E-state index contributed by atoms with van der Waals surface area (Å²) in [5, 5.41) is 0. The Morgan fingerprint density at radius 1 is 1.12 bits per heavy atom. The molecule has 2 aromatic rings. The molecule has 1 heterocycles. The minimum absolute atomic E-state index is 0.340. The molecule has 88 valence electrons. The second-order valence-corrected chi connectivity index (χ2v) is 3.61. The van der Waals surface area contributed by atoms with Gasteiger partial charge in [-0.3, -0.25) is 9.82 Å². The molecule has 0 spiro atoms. The normalized spacial score (nSPS) is 10.4. The molecule has 0 aliphatic carbocycles. The van der Waals surface area contributed by atoms with E-state index >= 15 is 0 Å². The van der Waals surface area contributed by atoms with Gasteiger partial charge in [-0.05, 0) is 17.2 Å². The number of nitrogens with one attached hydrogen (secondary N) is 1. The molecule has 0 saturated heterocycles. The fourth-order valence-electron chi connectivity index (χ4n) is 1.40. The lowest BCUT2D eigenvalue weighted by molar-refractivity contribution is 0.0234. The summed E-state index contributed by atoms with van der Waals surface area (Å²) in [4.78, 5) is 9.01. The molecule has 3 nitrogen and oxygen atoms in total. The number of hydrogen-bond donors (Lipinski definition) is 1. The monoisotopic (exact) mass is 232 g/mol. The van der Waals surface area contributed by atoms with Gasteiger partial charge in [0.05, 0.1) is 12.8 Å². The van der Waals surface area contributed by atoms with E-state index in [1.54, 1.807) is 6.20 Å². The molecule has 1 N–H and O–H groups in total. The van der Waals surface area contributed by atoms with Crippen LogP contribution in [0.1, 0.15) is 11.1 Å². The van der Waals surface area contributed by atoms with Gasteiger partial charge < -0.3 is 0 Å². The van der Waals surface area contributed by atoms with Gasteiger partial charge in [-0.2, -0.15) is 5.48 Å². The topological polar surface area (TPSA) is 34.2 Å². The molecule has 0 aliphatic heterocycles. The van der Waals surface area contributed by atoms with Gasteiger partial charge in [-0.25, -0.2) is 4.39 Å². The van der Waals surface area contributed by atoms with Crippen molar-refractivity contribution in [3.8, 4) is 0 Å². The maximum atomic E-state index is 12.8. The minimum Gasteiger partial charge on any atom is -0.297 e. The van der Waals surface area contributed by atoms with E-state index in [1.807, 2.05) is 30.3 Å². The number of aromatic nitrogens is 1. The lowest BCUT2D eigenvalue weighted by Crippen LogP contribution is -2.14. The molecule has 0 radical (unpaired) electrons. The molecule has 1 aromatic carbocycles. The summed E-state index contributed by atoms with van der Waals surface area (Å²) in [6.45, 7) is 0.904. The maximum absolute atomic E-state index is 12.8. The smallest absolute Gasteiger partial charge is 0.141 e. The Labute approximate surface area is 99.2 Å². The number of benzene rings is 1. The van der Waals surface area contributed by atoms with Crippen LogP contribution in [0.3, 0.4) is 0 Å². The predicted molar refractivity (Wildman–Crippen MR) is 62.3 cm³/mol. The van der Waals surface area contributed by atoms with Crippen LogP contribution in [0, 0.1) is 5.82 Å². The van der Waals surface area contributed by atoms with Crippen molar-refractivity contribution >= 4 is 0 Å². The third-order valence-corrected chi connectivity index (χ3v) is 2.22. The van der Waals surface area contributed by atoms with E-state index in [1.165, 1.54) is 12.3 Å². The van der Waals surface area contributed by atoms with Crippen LogP contribution < -0.4 is 5.48 Å². The molecule has 0 bridgehead atoms. The second-order valence-electron chi connectivity index (χ2n) is 3.61. The second kappa shape index (κ2) is 6.08.